The first kappa shape index (κ1) is 5.72. The predicted octanol–water partition coefficient (Wildman–Crippen LogP) is -0.667. The minimum Gasteiger partial charge on any atom is -0.391 e. The van der Waals surface area contributed by atoms with Crippen molar-refractivity contribution >= 4 is 6.29 Å². The Morgan fingerprint density at radius 2 is 2.50 bits per heavy atom. The zero-order valence-corrected chi connectivity index (χ0v) is 4.57. The monoisotopic (exact) mass is 116 g/mol. The molecule has 0 aromatic carbocycles. The standard InChI is InChI=1S/C5H8O3/c1-3(7)5-4(2-6)8-5/h2-5,7H,1H3. The first-order chi connectivity index (χ1) is 3.75. The number of hydrogen-bond donors (Lipinski definition) is 1. The molecule has 1 heterocycles. The van der Waals surface area contributed by atoms with Crippen LogP contribution in [0.5, 0.6) is 0 Å². The highest BCUT2D eigenvalue weighted by Gasteiger charge is 2.42. The van der Waals surface area contributed by atoms with E-state index in [9.17, 15) is 4.79 Å². The van der Waals surface area contributed by atoms with Gasteiger partial charge in [-0.25, -0.2) is 0 Å². The number of carbonyl (C=O) groups excluding carboxylic acids is 1. The van der Waals surface area contributed by atoms with E-state index in [4.69, 9.17) is 9.84 Å². The Balaban J connectivity index is 2.26. The molecule has 3 atom stereocenters. The number of aliphatic hydroxyl groups is 1. The van der Waals surface area contributed by atoms with Crippen LogP contribution < -0.4 is 0 Å². The molecule has 8 heavy (non-hydrogen) atoms. The molecule has 0 aromatic rings. The number of rotatable bonds is 2. The van der Waals surface area contributed by atoms with Crippen molar-refractivity contribution in [1.82, 2.24) is 0 Å². The van der Waals surface area contributed by atoms with E-state index < -0.39 is 6.10 Å². The van der Waals surface area contributed by atoms with Crippen molar-refractivity contribution in [3.05, 3.63) is 0 Å². The molecule has 1 fully saturated rings. The summed E-state index contributed by atoms with van der Waals surface area (Å²) in [6.07, 6.45) is -0.370. The molecule has 3 nitrogen and oxygen atoms in total. The third-order valence-electron chi connectivity index (χ3n) is 1.17. The van der Waals surface area contributed by atoms with Crippen molar-refractivity contribution in [2.24, 2.45) is 0 Å². The highest BCUT2D eigenvalue weighted by Crippen LogP contribution is 2.22. The molecule has 0 saturated carbocycles. The fourth-order valence-corrected chi connectivity index (χ4v) is 0.634. The summed E-state index contributed by atoms with van der Waals surface area (Å²) in [5.74, 6) is 0. The average molecular weight is 116 g/mol. The van der Waals surface area contributed by atoms with Gasteiger partial charge in [0.15, 0.2) is 6.29 Å². The highest BCUT2D eigenvalue weighted by molar-refractivity contribution is 5.60. The number of aldehydes is 1. The third-order valence-corrected chi connectivity index (χ3v) is 1.17. The van der Waals surface area contributed by atoms with Crippen LogP contribution in [0, 0.1) is 0 Å². The second-order valence-corrected chi connectivity index (χ2v) is 1.94. The normalized spacial score (nSPS) is 38.8. The molecule has 0 bridgehead atoms. The molecule has 1 saturated heterocycles. The van der Waals surface area contributed by atoms with Crippen LogP contribution >= 0.6 is 0 Å². The third kappa shape index (κ3) is 0.877. The van der Waals surface area contributed by atoms with Gasteiger partial charge in [-0.15, -0.1) is 0 Å². The van der Waals surface area contributed by atoms with Gasteiger partial charge in [0.1, 0.15) is 12.2 Å². The van der Waals surface area contributed by atoms with Crippen molar-refractivity contribution < 1.29 is 14.6 Å². The van der Waals surface area contributed by atoms with Crippen molar-refractivity contribution in [3.63, 3.8) is 0 Å². The van der Waals surface area contributed by atoms with Gasteiger partial charge in [-0.2, -0.15) is 0 Å². The smallest absolute Gasteiger partial charge is 0.151 e. The zero-order valence-electron chi connectivity index (χ0n) is 4.57. The average Bonchev–Trinajstić information content (AvgIpc) is 2.42. The van der Waals surface area contributed by atoms with Crippen LogP contribution in [-0.2, 0) is 9.53 Å². The molecule has 1 aliphatic heterocycles. The van der Waals surface area contributed by atoms with E-state index in [2.05, 4.69) is 0 Å². The minimum atomic E-state index is -0.509. The van der Waals surface area contributed by atoms with Crippen LogP contribution in [0.1, 0.15) is 6.92 Å². The molecule has 1 N–H and O–H groups in total. The minimum absolute atomic E-state index is 0.229. The Morgan fingerprint density at radius 1 is 1.88 bits per heavy atom. The number of epoxide rings is 1. The molecule has 3 unspecified atom stereocenters. The van der Waals surface area contributed by atoms with Crippen molar-refractivity contribution in [2.45, 2.75) is 25.2 Å². The van der Waals surface area contributed by atoms with E-state index in [-0.39, 0.29) is 12.2 Å². The lowest BCUT2D eigenvalue weighted by Gasteiger charge is -1.91. The Labute approximate surface area is 47.3 Å². The highest BCUT2D eigenvalue weighted by atomic mass is 16.6. The van der Waals surface area contributed by atoms with E-state index >= 15 is 0 Å². The summed E-state index contributed by atoms with van der Waals surface area (Å²) in [6.45, 7) is 1.61. The largest absolute Gasteiger partial charge is 0.391 e. The van der Waals surface area contributed by atoms with Gasteiger partial charge in [-0.1, -0.05) is 0 Å². The van der Waals surface area contributed by atoms with Gasteiger partial charge in [0.05, 0.1) is 6.10 Å². The maximum absolute atomic E-state index is 9.85. The second kappa shape index (κ2) is 1.84. The van der Waals surface area contributed by atoms with Gasteiger partial charge in [-0.3, -0.25) is 0 Å². The summed E-state index contributed by atoms with van der Waals surface area (Å²) in [5.41, 5.74) is 0. The van der Waals surface area contributed by atoms with Crippen LogP contribution in [-0.4, -0.2) is 29.7 Å². The van der Waals surface area contributed by atoms with E-state index in [1.165, 1.54) is 0 Å². The van der Waals surface area contributed by atoms with Gasteiger partial charge < -0.3 is 14.6 Å². The molecule has 1 aliphatic rings. The Morgan fingerprint density at radius 3 is 2.62 bits per heavy atom. The van der Waals surface area contributed by atoms with E-state index in [0.29, 0.717) is 6.29 Å². The van der Waals surface area contributed by atoms with Gasteiger partial charge in [0.2, 0.25) is 0 Å². The number of hydrogen-bond acceptors (Lipinski definition) is 3. The summed E-state index contributed by atoms with van der Waals surface area (Å²) >= 11 is 0. The van der Waals surface area contributed by atoms with Crippen LogP contribution in [0.2, 0.25) is 0 Å². The fourth-order valence-electron chi connectivity index (χ4n) is 0.634. The van der Waals surface area contributed by atoms with Crippen LogP contribution in [0.25, 0.3) is 0 Å². The van der Waals surface area contributed by atoms with E-state index in [1.807, 2.05) is 0 Å². The molecule has 0 aromatic heterocycles. The summed E-state index contributed by atoms with van der Waals surface area (Å²) in [5, 5.41) is 8.71. The molecule has 46 valence electrons. The van der Waals surface area contributed by atoms with Crippen molar-refractivity contribution in [2.75, 3.05) is 0 Å². The van der Waals surface area contributed by atoms with Crippen LogP contribution in [0.4, 0.5) is 0 Å². The quantitative estimate of drug-likeness (QED) is 0.384. The summed E-state index contributed by atoms with van der Waals surface area (Å²) in [7, 11) is 0. The van der Waals surface area contributed by atoms with Gasteiger partial charge in [0, 0.05) is 0 Å². The summed E-state index contributed by atoms with van der Waals surface area (Å²) in [4.78, 5) is 9.85. The first-order valence-corrected chi connectivity index (χ1v) is 2.54. The topological polar surface area (TPSA) is 49.8 Å². The summed E-state index contributed by atoms with van der Waals surface area (Å²) in [6, 6.07) is 0. The number of ether oxygens (including phenoxy) is 1. The van der Waals surface area contributed by atoms with Gasteiger partial charge in [-0.05, 0) is 6.92 Å². The van der Waals surface area contributed by atoms with Crippen molar-refractivity contribution in [3.8, 4) is 0 Å². The van der Waals surface area contributed by atoms with Crippen molar-refractivity contribution in [1.29, 1.82) is 0 Å². The molecular formula is C5H8O3. The molecular weight excluding hydrogens is 108 g/mol. The molecule has 0 aliphatic carbocycles. The molecule has 3 heteroatoms. The van der Waals surface area contributed by atoms with Crippen LogP contribution in [0.3, 0.4) is 0 Å². The lowest BCUT2D eigenvalue weighted by atomic mass is 10.2. The second-order valence-electron chi connectivity index (χ2n) is 1.94. The molecule has 0 radical (unpaired) electrons. The van der Waals surface area contributed by atoms with Gasteiger partial charge in [0.25, 0.3) is 0 Å². The summed E-state index contributed by atoms with van der Waals surface area (Å²) < 4.78 is 4.71. The first-order valence-electron chi connectivity index (χ1n) is 2.54. The van der Waals surface area contributed by atoms with E-state index in [0.717, 1.165) is 0 Å². The predicted molar refractivity (Wildman–Crippen MR) is 26.4 cm³/mol. The molecule has 1 rings (SSSR count). The number of carbonyl (C=O) groups is 1. The Kier molecular flexibility index (Phi) is 1.31. The Bertz CT molecular complexity index is 99.8. The maximum Gasteiger partial charge on any atom is 0.151 e. The maximum atomic E-state index is 9.85. The SMILES string of the molecule is CC(O)C1OC1C=O. The Hall–Kier alpha value is -0.410. The van der Waals surface area contributed by atoms with E-state index in [1.54, 1.807) is 6.92 Å². The van der Waals surface area contributed by atoms with Crippen LogP contribution in [0.15, 0.2) is 0 Å². The van der Waals surface area contributed by atoms with Gasteiger partial charge >= 0.3 is 0 Å². The molecule has 0 spiro atoms. The fraction of sp³-hybridized carbons (Fsp3) is 0.800. The number of aliphatic hydroxyl groups excluding tert-OH is 1. The zero-order chi connectivity index (χ0) is 6.15. The lowest BCUT2D eigenvalue weighted by Crippen LogP contribution is -2.11. The molecule has 0 amide bonds. The lowest BCUT2D eigenvalue weighted by molar-refractivity contribution is -0.108.